The number of carboxylic acid groups (broad SMARTS) is 1. The summed E-state index contributed by atoms with van der Waals surface area (Å²) in [5.41, 5.74) is -1.36. The van der Waals surface area contributed by atoms with Crippen molar-refractivity contribution in [3.63, 3.8) is 0 Å². The van der Waals surface area contributed by atoms with Crippen molar-refractivity contribution in [1.29, 1.82) is 0 Å². The first-order chi connectivity index (χ1) is 8.74. The quantitative estimate of drug-likeness (QED) is 0.634. The van der Waals surface area contributed by atoms with Crippen molar-refractivity contribution >= 4 is 11.7 Å². The predicted molar refractivity (Wildman–Crippen MR) is 64.6 cm³/mol. The number of ether oxygens (including phenoxy) is 1. The van der Waals surface area contributed by atoms with Gasteiger partial charge in [0, 0.05) is 12.1 Å². The fraction of sp³-hybridized carbons (Fsp3) is 0.417. The summed E-state index contributed by atoms with van der Waals surface area (Å²) in [5.74, 6) is -1.85. The Bertz CT molecular complexity index is 501. The van der Waals surface area contributed by atoms with Crippen LogP contribution in [-0.4, -0.2) is 22.6 Å². The van der Waals surface area contributed by atoms with Gasteiger partial charge in [-0.15, -0.1) is 0 Å². The predicted octanol–water partition coefficient (Wildman–Crippen LogP) is 2.61. The minimum absolute atomic E-state index is 0.0520. The molecule has 0 atom stereocenters. The highest BCUT2D eigenvalue weighted by atomic mass is 19.1. The van der Waals surface area contributed by atoms with Gasteiger partial charge in [0.25, 0.3) is 0 Å². The summed E-state index contributed by atoms with van der Waals surface area (Å²) in [6.07, 6.45) is 0.149. The summed E-state index contributed by atoms with van der Waals surface area (Å²) < 4.78 is 18.1. The van der Waals surface area contributed by atoms with Crippen LogP contribution < -0.4 is 4.74 Å². The number of carboxylic acids is 1. The van der Waals surface area contributed by atoms with Gasteiger partial charge in [-0.1, -0.05) is 0 Å². The molecule has 0 unspecified atom stereocenters. The number of halogens is 1. The lowest BCUT2D eigenvalue weighted by Gasteiger charge is -2.18. The third kappa shape index (κ3) is 3.90. The normalized spacial score (nSPS) is 11.1. The topological polar surface area (TPSA) is 89.7 Å². The first-order valence-electron chi connectivity index (χ1n) is 5.54. The molecular weight excluding hydrogens is 257 g/mol. The highest BCUT2D eigenvalue weighted by Gasteiger charge is 2.27. The fourth-order valence-electron chi connectivity index (χ4n) is 1.28. The van der Waals surface area contributed by atoms with Gasteiger partial charge >= 0.3 is 11.7 Å². The second-order valence-electron chi connectivity index (χ2n) is 4.66. The van der Waals surface area contributed by atoms with Crippen LogP contribution in [0.1, 0.15) is 20.3 Å². The van der Waals surface area contributed by atoms with E-state index >= 15 is 0 Å². The van der Waals surface area contributed by atoms with Gasteiger partial charge in [-0.2, -0.15) is 0 Å². The average molecular weight is 271 g/mol. The van der Waals surface area contributed by atoms with Crippen LogP contribution in [0.5, 0.6) is 5.75 Å². The zero-order valence-corrected chi connectivity index (χ0v) is 10.6. The molecule has 0 saturated carbocycles. The lowest BCUT2D eigenvalue weighted by atomic mass is 9.90. The molecule has 1 aromatic carbocycles. The van der Waals surface area contributed by atoms with E-state index in [4.69, 9.17) is 9.84 Å². The van der Waals surface area contributed by atoms with Crippen LogP contribution in [0, 0.1) is 21.3 Å². The van der Waals surface area contributed by atoms with Gasteiger partial charge in [0.2, 0.25) is 0 Å². The summed E-state index contributed by atoms with van der Waals surface area (Å²) in [6, 6.07) is 2.88. The lowest BCUT2D eigenvalue weighted by molar-refractivity contribution is -0.385. The van der Waals surface area contributed by atoms with E-state index in [-0.39, 0.29) is 24.5 Å². The molecule has 1 N–H and O–H groups in total. The van der Waals surface area contributed by atoms with Crippen molar-refractivity contribution in [3.8, 4) is 5.75 Å². The lowest BCUT2D eigenvalue weighted by Crippen LogP contribution is -2.25. The Kier molecular flexibility index (Phi) is 4.42. The van der Waals surface area contributed by atoms with Crippen LogP contribution in [0.15, 0.2) is 18.2 Å². The van der Waals surface area contributed by atoms with Crippen LogP contribution in [-0.2, 0) is 4.79 Å². The average Bonchev–Trinajstić information content (AvgIpc) is 2.28. The Morgan fingerprint density at radius 2 is 2.16 bits per heavy atom. The number of aliphatic carboxylic acids is 1. The molecule has 0 radical (unpaired) electrons. The van der Waals surface area contributed by atoms with Crippen LogP contribution in [0.4, 0.5) is 10.1 Å². The van der Waals surface area contributed by atoms with E-state index in [1.54, 1.807) is 0 Å². The molecule has 0 saturated heterocycles. The standard InChI is InChI=1S/C12H14FNO5/c1-12(2,11(15)16)5-6-19-10-7-8(13)3-4-9(10)14(17)18/h3-4,7H,5-6H2,1-2H3,(H,15,16). The van der Waals surface area contributed by atoms with Gasteiger partial charge in [-0.3, -0.25) is 14.9 Å². The maximum atomic E-state index is 13.0. The van der Waals surface area contributed by atoms with Crippen LogP contribution in [0.25, 0.3) is 0 Å². The number of rotatable bonds is 6. The number of nitro groups is 1. The zero-order valence-electron chi connectivity index (χ0n) is 10.6. The molecule has 0 fully saturated rings. The van der Waals surface area contributed by atoms with E-state index in [0.29, 0.717) is 0 Å². The maximum Gasteiger partial charge on any atom is 0.311 e. The molecule has 0 aliphatic heterocycles. The Morgan fingerprint density at radius 1 is 1.53 bits per heavy atom. The number of nitrogens with zero attached hydrogens (tertiary/aromatic N) is 1. The van der Waals surface area contributed by atoms with Crippen molar-refractivity contribution in [2.45, 2.75) is 20.3 Å². The first kappa shape index (κ1) is 14.9. The van der Waals surface area contributed by atoms with E-state index in [9.17, 15) is 19.3 Å². The number of nitro benzene ring substituents is 1. The molecule has 0 aliphatic carbocycles. The van der Waals surface area contributed by atoms with Gasteiger partial charge in [0.15, 0.2) is 5.75 Å². The first-order valence-corrected chi connectivity index (χ1v) is 5.54. The monoisotopic (exact) mass is 271 g/mol. The summed E-state index contributed by atoms with van der Waals surface area (Å²) >= 11 is 0. The highest BCUT2D eigenvalue weighted by Crippen LogP contribution is 2.28. The van der Waals surface area contributed by atoms with E-state index in [1.165, 1.54) is 13.8 Å². The van der Waals surface area contributed by atoms with Crippen molar-refractivity contribution in [2.75, 3.05) is 6.61 Å². The molecule has 0 aromatic heterocycles. The number of hydrogen-bond donors (Lipinski definition) is 1. The van der Waals surface area contributed by atoms with Gasteiger partial charge in [0.05, 0.1) is 16.9 Å². The van der Waals surface area contributed by atoms with E-state index < -0.39 is 22.1 Å². The van der Waals surface area contributed by atoms with Crippen molar-refractivity contribution in [1.82, 2.24) is 0 Å². The third-order valence-corrected chi connectivity index (χ3v) is 2.68. The number of hydrogen-bond acceptors (Lipinski definition) is 4. The third-order valence-electron chi connectivity index (χ3n) is 2.68. The Balaban J connectivity index is 2.75. The Hall–Kier alpha value is -2.18. The summed E-state index contributed by atoms with van der Waals surface area (Å²) in [7, 11) is 0. The second-order valence-corrected chi connectivity index (χ2v) is 4.66. The fourth-order valence-corrected chi connectivity index (χ4v) is 1.28. The molecule has 1 aromatic rings. The summed E-state index contributed by atoms with van der Waals surface area (Å²) in [4.78, 5) is 20.9. The van der Waals surface area contributed by atoms with Gasteiger partial charge < -0.3 is 9.84 Å². The number of carbonyl (C=O) groups is 1. The van der Waals surface area contributed by atoms with Crippen molar-refractivity contribution < 1.29 is 24.0 Å². The molecule has 104 valence electrons. The maximum absolute atomic E-state index is 13.0. The summed E-state index contributed by atoms with van der Waals surface area (Å²) in [5, 5.41) is 19.6. The van der Waals surface area contributed by atoms with E-state index in [2.05, 4.69) is 0 Å². The van der Waals surface area contributed by atoms with Crippen LogP contribution in [0.3, 0.4) is 0 Å². The van der Waals surface area contributed by atoms with Crippen molar-refractivity contribution in [3.05, 3.63) is 34.1 Å². The molecule has 0 spiro atoms. The molecular formula is C12H14FNO5. The molecule has 0 bridgehead atoms. The zero-order chi connectivity index (χ0) is 14.6. The van der Waals surface area contributed by atoms with E-state index in [1.807, 2.05) is 0 Å². The molecule has 19 heavy (non-hydrogen) atoms. The Morgan fingerprint density at radius 3 is 2.68 bits per heavy atom. The number of benzene rings is 1. The largest absolute Gasteiger partial charge is 0.487 e. The molecule has 0 aliphatic rings. The molecule has 0 heterocycles. The molecule has 1 rings (SSSR count). The van der Waals surface area contributed by atoms with Gasteiger partial charge in [0.1, 0.15) is 5.82 Å². The molecule has 0 amide bonds. The van der Waals surface area contributed by atoms with Crippen LogP contribution >= 0.6 is 0 Å². The smallest absolute Gasteiger partial charge is 0.311 e. The SMILES string of the molecule is CC(C)(CCOc1cc(F)ccc1[N+](=O)[O-])C(=O)O. The van der Waals surface area contributed by atoms with Crippen molar-refractivity contribution in [2.24, 2.45) is 5.41 Å². The summed E-state index contributed by atoms with van der Waals surface area (Å²) in [6.45, 7) is 2.97. The van der Waals surface area contributed by atoms with Gasteiger partial charge in [-0.05, 0) is 26.3 Å². The highest BCUT2D eigenvalue weighted by molar-refractivity contribution is 5.73. The Labute approximate surface area is 109 Å². The molecule has 7 heteroatoms. The minimum atomic E-state index is -1.01. The molecule has 6 nitrogen and oxygen atoms in total. The van der Waals surface area contributed by atoms with Gasteiger partial charge in [-0.25, -0.2) is 4.39 Å². The van der Waals surface area contributed by atoms with E-state index in [0.717, 1.165) is 18.2 Å². The van der Waals surface area contributed by atoms with Crippen LogP contribution in [0.2, 0.25) is 0 Å². The minimum Gasteiger partial charge on any atom is -0.487 e. The second kappa shape index (κ2) is 5.64.